The molecule has 1 unspecified atom stereocenters. The summed E-state index contributed by atoms with van der Waals surface area (Å²) >= 11 is 3.51. The average molecular weight is 299 g/mol. The fraction of sp³-hybridized carbons (Fsp3) is 0.643. The molecule has 1 aromatic heterocycles. The Morgan fingerprint density at radius 3 is 2.59 bits per heavy atom. The first-order chi connectivity index (χ1) is 8.26. The van der Waals surface area contributed by atoms with Gasteiger partial charge in [0.05, 0.1) is 0 Å². The topological polar surface area (TPSA) is 16.1 Å². The Morgan fingerprint density at radius 2 is 2.00 bits per heavy atom. The molecule has 96 valence electrons. The fourth-order valence-corrected chi connectivity index (χ4v) is 2.61. The van der Waals surface area contributed by atoms with Crippen molar-refractivity contribution in [3.05, 3.63) is 30.1 Å². The molecule has 1 aromatic rings. The highest BCUT2D eigenvalue weighted by Gasteiger charge is 2.06. The van der Waals surface area contributed by atoms with Gasteiger partial charge in [-0.25, -0.2) is 0 Å². The van der Waals surface area contributed by atoms with Crippen molar-refractivity contribution in [3.8, 4) is 0 Å². The Bertz CT molecular complexity index is 290. The lowest BCUT2D eigenvalue weighted by molar-refractivity contribution is 0.258. The third-order valence-electron chi connectivity index (χ3n) is 3.14. The average Bonchev–Trinajstić information content (AvgIpc) is 2.36. The molecule has 0 saturated heterocycles. The van der Waals surface area contributed by atoms with Crippen molar-refractivity contribution in [3.63, 3.8) is 0 Å². The predicted molar refractivity (Wildman–Crippen MR) is 77.4 cm³/mol. The van der Waals surface area contributed by atoms with Crippen LogP contribution in [0.1, 0.15) is 32.3 Å². The number of halogens is 1. The zero-order chi connectivity index (χ0) is 12.5. The summed E-state index contributed by atoms with van der Waals surface area (Å²) in [6, 6.07) is 4.20. The zero-order valence-electron chi connectivity index (χ0n) is 10.9. The lowest BCUT2D eigenvalue weighted by atomic mass is 10.0. The third kappa shape index (κ3) is 6.18. The molecule has 1 rings (SSSR count). The molecule has 0 aliphatic rings. The van der Waals surface area contributed by atoms with Gasteiger partial charge in [-0.15, -0.1) is 0 Å². The van der Waals surface area contributed by atoms with E-state index in [0.29, 0.717) is 0 Å². The monoisotopic (exact) mass is 298 g/mol. The quantitative estimate of drug-likeness (QED) is 0.680. The highest BCUT2D eigenvalue weighted by Crippen LogP contribution is 2.11. The minimum Gasteiger partial charge on any atom is -0.299 e. The molecule has 0 bridgehead atoms. The smallest absolute Gasteiger partial charge is 0.0271 e. The van der Waals surface area contributed by atoms with Crippen LogP contribution in [0.5, 0.6) is 0 Å². The molecule has 0 aliphatic carbocycles. The van der Waals surface area contributed by atoms with E-state index in [4.69, 9.17) is 0 Å². The maximum Gasteiger partial charge on any atom is 0.0271 e. The van der Waals surface area contributed by atoms with Crippen LogP contribution in [0.25, 0.3) is 0 Å². The molecule has 0 saturated carbocycles. The van der Waals surface area contributed by atoms with Crippen LogP contribution in [-0.4, -0.2) is 28.3 Å². The number of rotatable bonds is 8. The second-order valence-corrected chi connectivity index (χ2v) is 5.39. The second-order valence-electron chi connectivity index (χ2n) is 4.60. The summed E-state index contributed by atoms with van der Waals surface area (Å²) in [5.41, 5.74) is 1.36. The van der Waals surface area contributed by atoms with Crippen LogP contribution in [0, 0.1) is 5.92 Å². The highest BCUT2D eigenvalue weighted by atomic mass is 79.9. The van der Waals surface area contributed by atoms with Gasteiger partial charge in [0.2, 0.25) is 0 Å². The number of hydrogen-bond acceptors (Lipinski definition) is 2. The largest absolute Gasteiger partial charge is 0.299 e. The van der Waals surface area contributed by atoms with Crippen LogP contribution in [0.4, 0.5) is 0 Å². The minimum atomic E-state index is 0.806. The molecule has 0 aliphatic heterocycles. The number of aromatic nitrogens is 1. The molecule has 2 nitrogen and oxygen atoms in total. The summed E-state index contributed by atoms with van der Waals surface area (Å²) in [6.07, 6.45) is 6.30. The van der Waals surface area contributed by atoms with Crippen molar-refractivity contribution in [2.45, 2.75) is 33.2 Å². The minimum absolute atomic E-state index is 0.806. The van der Waals surface area contributed by atoms with Gasteiger partial charge in [-0.2, -0.15) is 0 Å². The van der Waals surface area contributed by atoms with Crippen LogP contribution in [-0.2, 0) is 6.54 Å². The number of alkyl halides is 1. The standard InChI is InChI=1S/C14H23BrN2/c1-3-17(11-7-13(2)4-8-15)12-14-5-9-16-10-6-14/h5-6,9-10,13H,3-4,7-8,11-12H2,1-2H3. The Morgan fingerprint density at radius 1 is 1.29 bits per heavy atom. The normalized spacial score (nSPS) is 12.9. The van der Waals surface area contributed by atoms with Gasteiger partial charge in [-0.1, -0.05) is 29.8 Å². The van der Waals surface area contributed by atoms with Gasteiger partial charge in [-0.3, -0.25) is 9.88 Å². The molecule has 0 spiro atoms. The molecule has 0 N–H and O–H groups in total. The Hall–Kier alpha value is -0.410. The van der Waals surface area contributed by atoms with Gasteiger partial charge < -0.3 is 0 Å². The Kier molecular flexibility index (Phi) is 7.45. The molecule has 1 heterocycles. The van der Waals surface area contributed by atoms with Gasteiger partial charge in [0.25, 0.3) is 0 Å². The Balaban J connectivity index is 2.34. The van der Waals surface area contributed by atoms with Crippen molar-refractivity contribution < 1.29 is 0 Å². The van der Waals surface area contributed by atoms with Gasteiger partial charge in [0.15, 0.2) is 0 Å². The van der Waals surface area contributed by atoms with E-state index in [2.05, 4.69) is 51.8 Å². The van der Waals surface area contributed by atoms with Gasteiger partial charge in [0.1, 0.15) is 0 Å². The summed E-state index contributed by atoms with van der Waals surface area (Å²) in [5, 5.41) is 1.12. The highest BCUT2D eigenvalue weighted by molar-refractivity contribution is 9.09. The number of pyridine rings is 1. The molecule has 0 radical (unpaired) electrons. The lowest BCUT2D eigenvalue weighted by Gasteiger charge is -2.22. The van der Waals surface area contributed by atoms with E-state index in [1.807, 2.05) is 12.4 Å². The van der Waals surface area contributed by atoms with Crippen LogP contribution < -0.4 is 0 Å². The maximum atomic E-state index is 4.05. The van der Waals surface area contributed by atoms with E-state index in [9.17, 15) is 0 Å². The van der Waals surface area contributed by atoms with E-state index in [0.717, 1.165) is 24.3 Å². The summed E-state index contributed by atoms with van der Waals surface area (Å²) in [6.45, 7) is 7.91. The zero-order valence-corrected chi connectivity index (χ0v) is 12.5. The molecular formula is C14H23BrN2. The SMILES string of the molecule is CCN(CCC(C)CCBr)Cc1ccncc1. The van der Waals surface area contributed by atoms with Crippen LogP contribution in [0.15, 0.2) is 24.5 Å². The van der Waals surface area contributed by atoms with Crippen LogP contribution in [0.2, 0.25) is 0 Å². The summed E-state index contributed by atoms with van der Waals surface area (Å²) in [4.78, 5) is 6.55. The molecule has 3 heteroatoms. The van der Waals surface area contributed by atoms with Crippen molar-refractivity contribution >= 4 is 15.9 Å². The van der Waals surface area contributed by atoms with Crippen molar-refractivity contribution in [1.82, 2.24) is 9.88 Å². The molecule has 1 atom stereocenters. The van der Waals surface area contributed by atoms with E-state index in [-0.39, 0.29) is 0 Å². The molecular weight excluding hydrogens is 276 g/mol. The van der Waals surface area contributed by atoms with E-state index >= 15 is 0 Å². The van der Waals surface area contributed by atoms with Crippen molar-refractivity contribution in [2.24, 2.45) is 5.92 Å². The van der Waals surface area contributed by atoms with Gasteiger partial charge in [0, 0.05) is 24.3 Å². The maximum absolute atomic E-state index is 4.05. The van der Waals surface area contributed by atoms with Crippen molar-refractivity contribution in [1.29, 1.82) is 0 Å². The molecule has 0 aromatic carbocycles. The third-order valence-corrected chi connectivity index (χ3v) is 3.60. The fourth-order valence-electron chi connectivity index (χ4n) is 1.83. The predicted octanol–water partition coefficient (Wildman–Crippen LogP) is 3.71. The first-order valence-corrected chi connectivity index (χ1v) is 7.55. The second kappa shape index (κ2) is 8.65. The van der Waals surface area contributed by atoms with E-state index in [1.54, 1.807) is 0 Å². The first kappa shape index (κ1) is 14.7. The summed E-state index contributed by atoms with van der Waals surface area (Å²) < 4.78 is 0. The van der Waals surface area contributed by atoms with Gasteiger partial charge in [-0.05, 0) is 49.5 Å². The van der Waals surface area contributed by atoms with Gasteiger partial charge >= 0.3 is 0 Å². The van der Waals surface area contributed by atoms with E-state index < -0.39 is 0 Å². The summed E-state index contributed by atoms with van der Waals surface area (Å²) in [7, 11) is 0. The number of hydrogen-bond donors (Lipinski definition) is 0. The first-order valence-electron chi connectivity index (χ1n) is 6.43. The molecule has 0 fully saturated rings. The summed E-state index contributed by atoms with van der Waals surface area (Å²) in [5.74, 6) is 0.806. The Labute approximate surface area is 114 Å². The molecule has 0 amide bonds. The lowest BCUT2D eigenvalue weighted by Crippen LogP contribution is -2.25. The van der Waals surface area contributed by atoms with Crippen LogP contribution in [0.3, 0.4) is 0 Å². The van der Waals surface area contributed by atoms with Crippen LogP contribution >= 0.6 is 15.9 Å². The number of nitrogens with zero attached hydrogens (tertiary/aromatic N) is 2. The van der Waals surface area contributed by atoms with E-state index in [1.165, 1.54) is 24.9 Å². The molecule has 17 heavy (non-hydrogen) atoms. The van der Waals surface area contributed by atoms with Crippen molar-refractivity contribution in [2.75, 3.05) is 18.4 Å².